The lowest BCUT2D eigenvalue weighted by atomic mass is 9.98. The second-order valence-electron chi connectivity index (χ2n) is 4.24. The molecule has 2 aliphatic rings. The molecule has 1 aliphatic carbocycles. The molecule has 0 aromatic heterocycles. The summed E-state index contributed by atoms with van der Waals surface area (Å²) in [6.07, 6.45) is 1.01. The van der Waals surface area contributed by atoms with Gasteiger partial charge in [0.25, 0.3) is 0 Å². The zero-order valence-electron chi connectivity index (χ0n) is 7.56. The van der Waals surface area contributed by atoms with Crippen LogP contribution < -0.4 is 0 Å². The van der Waals surface area contributed by atoms with E-state index in [1.165, 1.54) is 0 Å². The van der Waals surface area contributed by atoms with E-state index < -0.39 is 4.33 Å². The number of piperidine rings is 1. The van der Waals surface area contributed by atoms with Crippen LogP contribution in [0.5, 0.6) is 0 Å². The summed E-state index contributed by atoms with van der Waals surface area (Å²) < 4.78 is -0.544. The molecule has 1 heterocycles. The highest BCUT2D eigenvalue weighted by molar-refractivity contribution is 6.51. The summed E-state index contributed by atoms with van der Waals surface area (Å²) in [4.78, 5) is 2.12. The highest BCUT2D eigenvalue weighted by atomic mass is 35.5. The zero-order chi connectivity index (χ0) is 9.69. The largest absolute Gasteiger partial charge is 0.290 e. The van der Waals surface area contributed by atoms with Crippen molar-refractivity contribution < 1.29 is 0 Å². The number of rotatable bonds is 1. The highest BCUT2D eigenvalue weighted by Crippen LogP contribution is 2.72. The second kappa shape index (κ2) is 2.76. The Morgan fingerprint density at radius 2 is 2.31 bits per heavy atom. The Hall–Kier alpha value is 0.0300. The van der Waals surface area contributed by atoms with E-state index in [9.17, 15) is 0 Å². The first-order valence-electron chi connectivity index (χ1n) is 4.49. The molecule has 2 atom stereocenters. The summed E-state index contributed by atoms with van der Waals surface area (Å²) in [6.45, 7) is 4.45. The molecular weight excluding hydrogens is 207 g/mol. The Morgan fingerprint density at radius 3 is 2.85 bits per heavy atom. The SMILES string of the molecule is CC12CCN(CC#N)CC1C2(Cl)Cl. The van der Waals surface area contributed by atoms with Crippen LogP contribution in [0.1, 0.15) is 13.3 Å². The van der Waals surface area contributed by atoms with Crippen LogP contribution >= 0.6 is 23.2 Å². The van der Waals surface area contributed by atoms with Gasteiger partial charge in [-0.15, -0.1) is 23.2 Å². The summed E-state index contributed by atoms with van der Waals surface area (Å²) in [6, 6.07) is 2.16. The van der Waals surface area contributed by atoms with Gasteiger partial charge in [0.2, 0.25) is 0 Å². The number of fused-ring (bicyclic) bond motifs is 1. The molecule has 0 spiro atoms. The highest BCUT2D eigenvalue weighted by Gasteiger charge is 2.73. The van der Waals surface area contributed by atoms with Gasteiger partial charge in [0.05, 0.1) is 12.6 Å². The molecule has 2 fully saturated rings. The van der Waals surface area contributed by atoms with E-state index in [0.717, 1.165) is 19.5 Å². The molecule has 4 heteroatoms. The Balaban J connectivity index is 2.03. The van der Waals surface area contributed by atoms with Gasteiger partial charge in [-0.2, -0.15) is 5.26 Å². The van der Waals surface area contributed by atoms with Crippen molar-refractivity contribution in [1.82, 2.24) is 4.90 Å². The maximum atomic E-state index is 8.56. The second-order valence-corrected chi connectivity index (χ2v) is 5.62. The van der Waals surface area contributed by atoms with Crippen LogP contribution in [-0.4, -0.2) is 28.9 Å². The number of alkyl halides is 2. The lowest BCUT2D eigenvalue weighted by Gasteiger charge is -2.26. The summed E-state index contributed by atoms with van der Waals surface area (Å²) >= 11 is 12.4. The minimum absolute atomic E-state index is 0.0993. The summed E-state index contributed by atoms with van der Waals surface area (Å²) in [5, 5.41) is 8.56. The third kappa shape index (κ3) is 1.18. The predicted molar refractivity (Wildman–Crippen MR) is 52.7 cm³/mol. The lowest BCUT2D eigenvalue weighted by molar-refractivity contribution is 0.205. The van der Waals surface area contributed by atoms with Crippen LogP contribution in [0.25, 0.3) is 0 Å². The standard InChI is InChI=1S/C9H12Cl2N2/c1-8-2-4-13(5-3-12)6-7(8)9(8,10)11/h7H,2,4-6H2,1H3. The van der Waals surface area contributed by atoms with Crippen LogP contribution in [0.2, 0.25) is 0 Å². The minimum atomic E-state index is -0.544. The first-order valence-corrected chi connectivity index (χ1v) is 5.25. The summed E-state index contributed by atoms with van der Waals surface area (Å²) in [5.74, 6) is 0.352. The molecular formula is C9H12Cl2N2. The molecule has 0 N–H and O–H groups in total. The maximum absolute atomic E-state index is 8.56. The molecule has 1 aliphatic heterocycles. The predicted octanol–water partition coefficient (Wildman–Crippen LogP) is 2.03. The van der Waals surface area contributed by atoms with Crippen LogP contribution in [0.15, 0.2) is 0 Å². The van der Waals surface area contributed by atoms with E-state index in [1.54, 1.807) is 0 Å². The van der Waals surface area contributed by atoms with Crippen molar-refractivity contribution in [3.05, 3.63) is 0 Å². The monoisotopic (exact) mass is 218 g/mol. The van der Waals surface area contributed by atoms with Crippen LogP contribution in [0.3, 0.4) is 0 Å². The fraction of sp³-hybridized carbons (Fsp3) is 0.889. The van der Waals surface area contributed by atoms with Crippen molar-refractivity contribution in [2.45, 2.75) is 17.7 Å². The van der Waals surface area contributed by atoms with Crippen molar-refractivity contribution in [3.63, 3.8) is 0 Å². The topological polar surface area (TPSA) is 27.0 Å². The van der Waals surface area contributed by atoms with Gasteiger partial charge < -0.3 is 0 Å². The average molecular weight is 219 g/mol. The maximum Gasteiger partial charge on any atom is 0.128 e. The molecule has 0 amide bonds. The number of nitriles is 1. The molecule has 0 aromatic rings. The molecule has 2 nitrogen and oxygen atoms in total. The molecule has 72 valence electrons. The van der Waals surface area contributed by atoms with Crippen LogP contribution in [-0.2, 0) is 0 Å². The number of halogens is 2. The number of nitrogens with zero attached hydrogens (tertiary/aromatic N) is 2. The Bertz CT molecular complexity index is 271. The first-order chi connectivity index (χ1) is 6.02. The van der Waals surface area contributed by atoms with Crippen LogP contribution in [0, 0.1) is 22.7 Å². The van der Waals surface area contributed by atoms with Gasteiger partial charge in [-0.25, -0.2) is 0 Å². The van der Waals surface area contributed by atoms with Crippen molar-refractivity contribution in [1.29, 1.82) is 5.26 Å². The van der Waals surface area contributed by atoms with E-state index in [0.29, 0.717) is 12.5 Å². The smallest absolute Gasteiger partial charge is 0.128 e. The van der Waals surface area contributed by atoms with Crippen LogP contribution in [0.4, 0.5) is 0 Å². The molecule has 13 heavy (non-hydrogen) atoms. The summed E-state index contributed by atoms with van der Waals surface area (Å²) in [5.41, 5.74) is 0.0993. The normalized spacial score (nSPS) is 42.2. The lowest BCUT2D eigenvalue weighted by Crippen LogP contribution is -2.34. The van der Waals surface area contributed by atoms with Crippen molar-refractivity contribution >= 4 is 23.2 Å². The number of likely N-dealkylation sites (tertiary alicyclic amines) is 1. The van der Waals surface area contributed by atoms with E-state index in [4.69, 9.17) is 28.5 Å². The molecule has 0 bridgehead atoms. The first kappa shape index (κ1) is 9.58. The van der Waals surface area contributed by atoms with E-state index >= 15 is 0 Å². The van der Waals surface area contributed by atoms with Gasteiger partial charge >= 0.3 is 0 Å². The Kier molecular flexibility index (Phi) is 2.03. The molecule has 1 saturated heterocycles. The third-order valence-electron chi connectivity index (χ3n) is 3.57. The molecule has 0 aromatic carbocycles. The molecule has 1 saturated carbocycles. The van der Waals surface area contributed by atoms with Gasteiger partial charge in [-0.1, -0.05) is 6.92 Å². The fourth-order valence-corrected chi connectivity index (χ4v) is 3.28. The molecule has 2 unspecified atom stereocenters. The van der Waals surface area contributed by atoms with Gasteiger partial charge in [-0.05, 0) is 13.0 Å². The Morgan fingerprint density at radius 1 is 1.62 bits per heavy atom. The summed E-state index contributed by atoms with van der Waals surface area (Å²) in [7, 11) is 0. The molecule has 0 radical (unpaired) electrons. The van der Waals surface area contributed by atoms with Crippen molar-refractivity contribution in [2.24, 2.45) is 11.3 Å². The average Bonchev–Trinajstić information content (AvgIpc) is 2.50. The quantitative estimate of drug-likeness (QED) is 0.498. The van der Waals surface area contributed by atoms with Gasteiger partial charge in [0.1, 0.15) is 4.33 Å². The fourth-order valence-electron chi connectivity index (χ4n) is 2.31. The van der Waals surface area contributed by atoms with Gasteiger partial charge in [-0.3, -0.25) is 4.90 Å². The zero-order valence-corrected chi connectivity index (χ0v) is 9.07. The van der Waals surface area contributed by atoms with E-state index in [-0.39, 0.29) is 5.41 Å². The molecule has 2 rings (SSSR count). The van der Waals surface area contributed by atoms with Crippen molar-refractivity contribution in [3.8, 4) is 6.07 Å². The third-order valence-corrected chi connectivity index (χ3v) is 4.96. The minimum Gasteiger partial charge on any atom is -0.290 e. The van der Waals surface area contributed by atoms with Crippen molar-refractivity contribution in [2.75, 3.05) is 19.6 Å². The van der Waals surface area contributed by atoms with E-state index in [2.05, 4.69) is 17.9 Å². The number of hydrogen-bond acceptors (Lipinski definition) is 2. The van der Waals surface area contributed by atoms with Gasteiger partial charge in [0.15, 0.2) is 0 Å². The number of hydrogen-bond donors (Lipinski definition) is 0. The van der Waals surface area contributed by atoms with Gasteiger partial charge in [0, 0.05) is 17.9 Å². The Labute approximate surface area is 88.4 Å². The van der Waals surface area contributed by atoms with E-state index in [1.807, 2.05) is 0 Å².